The van der Waals surface area contributed by atoms with Gasteiger partial charge in [0.25, 0.3) is 0 Å². The number of nitrogens with one attached hydrogen (secondary N) is 1. The van der Waals surface area contributed by atoms with Crippen molar-refractivity contribution >= 4 is 16.9 Å². The highest BCUT2D eigenvalue weighted by Gasteiger charge is 2.32. The summed E-state index contributed by atoms with van der Waals surface area (Å²) in [6.07, 6.45) is 9.69. The fourth-order valence-corrected chi connectivity index (χ4v) is 4.74. The van der Waals surface area contributed by atoms with E-state index in [0.717, 1.165) is 47.2 Å². The normalized spacial score (nSPS) is 18.5. The molecule has 1 aliphatic rings. The van der Waals surface area contributed by atoms with E-state index in [4.69, 9.17) is 4.98 Å². The summed E-state index contributed by atoms with van der Waals surface area (Å²) in [7, 11) is 0. The minimum Gasteiger partial charge on any atom is -0.340 e. The van der Waals surface area contributed by atoms with Crippen LogP contribution in [0.4, 0.5) is 4.39 Å². The summed E-state index contributed by atoms with van der Waals surface area (Å²) in [5, 5.41) is 7.95. The molecule has 1 N–H and O–H groups in total. The van der Waals surface area contributed by atoms with Gasteiger partial charge < -0.3 is 9.47 Å². The molecule has 2 unspecified atom stereocenters. The van der Waals surface area contributed by atoms with Crippen molar-refractivity contribution in [2.75, 3.05) is 6.54 Å². The largest absolute Gasteiger partial charge is 0.340 e. The van der Waals surface area contributed by atoms with E-state index in [2.05, 4.69) is 40.0 Å². The van der Waals surface area contributed by atoms with Crippen LogP contribution in [-0.4, -0.2) is 43.1 Å². The molecule has 5 rings (SSSR count). The van der Waals surface area contributed by atoms with Crippen LogP contribution in [0.3, 0.4) is 0 Å². The van der Waals surface area contributed by atoms with Crippen molar-refractivity contribution in [2.45, 2.75) is 38.8 Å². The van der Waals surface area contributed by atoms with Crippen LogP contribution in [0.2, 0.25) is 0 Å². The molecule has 4 heterocycles. The molecule has 6 nitrogen and oxygen atoms in total. The number of H-pyrrole nitrogens is 1. The first-order chi connectivity index (χ1) is 15.6. The average Bonchev–Trinajstić information content (AvgIpc) is 3.54. The molecule has 1 amide bonds. The number of carbonyl (C=O) groups is 1. The Kier molecular flexibility index (Phi) is 5.47. The van der Waals surface area contributed by atoms with Gasteiger partial charge in [-0.25, -0.2) is 9.37 Å². The van der Waals surface area contributed by atoms with E-state index in [1.165, 1.54) is 12.1 Å². The first-order valence-corrected chi connectivity index (χ1v) is 11.0. The summed E-state index contributed by atoms with van der Waals surface area (Å²) in [5.74, 6) is 0.316. The highest BCUT2D eigenvalue weighted by Crippen LogP contribution is 2.28. The SMILES string of the molecule is CC1CC(Cn2ccc3cc(-c4cn[nH]c4)cnc32)CN1C(=O)CCc1ccc(F)cc1. The Morgan fingerprint density at radius 3 is 2.81 bits per heavy atom. The molecule has 1 saturated heterocycles. The van der Waals surface area contributed by atoms with Crippen molar-refractivity contribution in [3.63, 3.8) is 0 Å². The van der Waals surface area contributed by atoms with Crippen LogP contribution in [0.25, 0.3) is 22.2 Å². The number of amides is 1. The molecule has 0 spiro atoms. The van der Waals surface area contributed by atoms with Crippen molar-refractivity contribution < 1.29 is 9.18 Å². The molecule has 4 aromatic rings. The summed E-state index contributed by atoms with van der Waals surface area (Å²) in [4.78, 5) is 19.5. The van der Waals surface area contributed by atoms with Gasteiger partial charge in [-0.05, 0) is 55.5 Å². The molecule has 3 aromatic heterocycles. The fraction of sp³-hybridized carbons (Fsp3) is 0.320. The summed E-state index contributed by atoms with van der Waals surface area (Å²) in [6, 6.07) is 10.8. The molecular formula is C25H26FN5O. The van der Waals surface area contributed by atoms with Gasteiger partial charge in [0.2, 0.25) is 5.91 Å². The monoisotopic (exact) mass is 431 g/mol. The maximum absolute atomic E-state index is 13.1. The smallest absolute Gasteiger partial charge is 0.223 e. The van der Waals surface area contributed by atoms with E-state index in [0.29, 0.717) is 18.8 Å². The Balaban J connectivity index is 1.22. The number of aromatic nitrogens is 4. The number of likely N-dealkylation sites (tertiary alicyclic amines) is 1. The van der Waals surface area contributed by atoms with Crippen LogP contribution in [0.5, 0.6) is 0 Å². The van der Waals surface area contributed by atoms with E-state index < -0.39 is 0 Å². The Morgan fingerprint density at radius 2 is 2.03 bits per heavy atom. The summed E-state index contributed by atoms with van der Waals surface area (Å²) < 4.78 is 15.3. The molecule has 7 heteroatoms. The highest BCUT2D eigenvalue weighted by atomic mass is 19.1. The molecule has 164 valence electrons. The highest BCUT2D eigenvalue weighted by molar-refractivity contribution is 5.81. The predicted molar refractivity (Wildman–Crippen MR) is 121 cm³/mol. The average molecular weight is 432 g/mol. The Morgan fingerprint density at radius 1 is 1.19 bits per heavy atom. The molecule has 1 fully saturated rings. The first kappa shape index (κ1) is 20.4. The van der Waals surface area contributed by atoms with Crippen LogP contribution in [0, 0.1) is 11.7 Å². The quantitative estimate of drug-likeness (QED) is 0.491. The number of halogens is 1. The van der Waals surface area contributed by atoms with Crippen LogP contribution in [-0.2, 0) is 17.8 Å². The lowest BCUT2D eigenvalue weighted by atomic mass is 10.1. The van der Waals surface area contributed by atoms with Crippen LogP contribution in [0.15, 0.2) is 61.2 Å². The number of carbonyl (C=O) groups excluding carboxylic acids is 1. The standard InChI is InChI=1S/C25H26FN5O/c1-17-10-19(16-31(17)24(32)7-4-18-2-5-23(26)6-3-18)15-30-9-8-20-11-21(12-27-25(20)30)22-13-28-29-14-22/h2-3,5-6,8-9,11-14,17,19H,4,7,10,15-16H2,1H3,(H,28,29). The van der Waals surface area contributed by atoms with Gasteiger partial charge in [0, 0.05) is 60.7 Å². The number of fused-ring (bicyclic) bond motifs is 1. The zero-order valence-electron chi connectivity index (χ0n) is 18.0. The minimum atomic E-state index is -0.249. The molecule has 0 saturated carbocycles. The van der Waals surface area contributed by atoms with Crippen molar-refractivity contribution in [1.29, 1.82) is 0 Å². The van der Waals surface area contributed by atoms with Crippen molar-refractivity contribution in [2.24, 2.45) is 5.92 Å². The predicted octanol–water partition coefficient (Wildman–Crippen LogP) is 4.44. The van der Waals surface area contributed by atoms with Gasteiger partial charge >= 0.3 is 0 Å². The van der Waals surface area contributed by atoms with Crippen molar-refractivity contribution in [1.82, 2.24) is 24.6 Å². The van der Waals surface area contributed by atoms with Gasteiger partial charge in [0.1, 0.15) is 11.5 Å². The second kappa shape index (κ2) is 8.57. The minimum absolute atomic E-state index is 0.171. The van der Waals surface area contributed by atoms with Gasteiger partial charge in [-0.3, -0.25) is 9.89 Å². The Labute approximate surface area is 186 Å². The van der Waals surface area contributed by atoms with Gasteiger partial charge in [-0.1, -0.05) is 12.1 Å². The maximum atomic E-state index is 13.1. The second-order valence-corrected chi connectivity index (χ2v) is 8.72. The van der Waals surface area contributed by atoms with E-state index in [1.807, 2.05) is 17.3 Å². The number of aromatic amines is 1. The van der Waals surface area contributed by atoms with E-state index in [-0.39, 0.29) is 17.8 Å². The Hall–Kier alpha value is -3.48. The zero-order valence-corrected chi connectivity index (χ0v) is 18.0. The number of pyridine rings is 1. The number of benzene rings is 1. The lowest BCUT2D eigenvalue weighted by Gasteiger charge is -2.21. The third-order valence-corrected chi connectivity index (χ3v) is 6.41. The van der Waals surface area contributed by atoms with Crippen LogP contribution < -0.4 is 0 Å². The van der Waals surface area contributed by atoms with Crippen LogP contribution >= 0.6 is 0 Å². The maximum Gasteiger partial charge on any atom is 0.223 e. The molecule has 2 atom stereocenters. The van der Waals surface area contributed by atoms with Crippen molar-refractivity contribution in [3.05, 3.63) is 72.6 Å². The fourth-order valence-electron chi connectivity index (χ4n) is 4.74. The molecule has 32 heavy (non-hydrogen) atoms. The number of hydrogen-bond donors (Lipinski definition) is 1. The molecule has 0 aliphatic carbocycles. The molecule has 0 radical (unpaired) electrons. The molecular weight excluding hydrogens is 405 g/mol. The number of rotatable bonds is 6. The van der Waals surface area contributed by atoms with Gasteiger partial charge in [0.15, 0.2) is 0 Å². The van der Waals surface area contributed by atoms with Gasteiger partial charge in [-0.15, -0.1) is 0 Å². The zero-order chi connectivity index (χ0) is 22.1. The van der Waals surface area contributed by atoms with E-state index in [9.17, 15) is 9.18 Å². The summed E-state index contributed by atoms with van der Waals surface area (Å²) in [6.45, 7) is 3.73. The lowest BCUT2D eigenvalue weighted by molar-refractivity contribution is -0.131. The Bertz CT molecular complexity index is 1220. The third-order valence-electron chi connectivity index (χ3n) is 6.41. The van der Waals surface area contributed by atoms with E-state index >= 15 is 0 Å². The molecule has 1 aromatic carbocycles. The number of nitrogens with zero attached hydrogens (tertiary/aromatic N) is 4. The number of hydrogen-bond acceptors (Lipinski definition) is 3. The van der Waals surface area contributed by atoms with Gasteiger partial charge in [0.05, 0.1) is 6.20 Å². The molecule has 0 bridgehead atoms. The van der Waals surface area contributed by atoms with E-state index in [1.54, 1.807) is 18.3 Å². The lowest BCUT2D eigenvalue weighted by Crippen LogP contribution is -2.34. The summed E-state index contributed by atoms with van der Waals surface area (Å²) >= 11 is 0. The van der Waals surface area contributed by atoms with Crippen LogP contribution in [0.1, 0.15) is 25.3 Å². The first-order valence-electron chi connectivity index (χ1n) is 11.0. The molecule has 1 aliphatic heterocycles. The summed E-state index contributed by atoms with van der Waals surface area (Å²) in [5.41, 5.74) is 4.01. The second-order valence-electron chi connectivity index (χ2n) is 8.72. The van der Waals surface area contributed by atoms with Crippen molar-refractivity contribution in [3.8, 4) is 11.1 Å². The topological polar surface area (TPSA) is 66.8 Å². The number of aryl methyl sites for hydroxylation is 1. The third kappa shape index (κ3) is 4.15. The van der Waals surface area contributed by atoms with Gasteiger partial charge in [-0.2, -0.15) is 5.10 Å².